The van der Waals surface area contributed by atoms with Gasteiger partial charge in [-0.25, -0.2) is 4.98 Å². The van der Waals surface area contributed by atoms with Crippen LogP contribution in [0.5, 0.6) is 5.88 Å². The lowest BCUT2D eigenvalue weighted by molar-refractivity contribution is 0.468. The minimum Gasteiger partial charge on any atom is -0.358 e. The van der Waals surface area contributed by atoms with Gasteiger partial charge in [0, 0.05) is 5.56 Å². The van der Waals surface area contributed by atoms with E-state index in [1.807, 2.05) is 49.4 Å². The minimum absolute atomic E-state index is 0.00590. The molecule has 1 heterocycles. The summed E-state index contributed by atoms with van der Waals surface area (Å²) in [5.74, 6) is 1.87. The van der Waals surface area contributed by atoms with Crippen molar-refractivity contribution in [1.82, 2.24) is 9.97 Å². The Hall–Kier alpha value is -3.85. The highest BCUT2D eigenvalue weighted by molar-refractivity contribution is 7.99. The Morgan fingerprint density at radius 2 is 1.74 bits per heavy atom. The van der Waals surface area contributed by atoms with E-state index in [2.05, 4.69) is 22.0 Å². The van der Waals surface area contributed by atoms with E-state index in [0.717, 1.165) is 21.9 Å². The third kappa shape index (κ3) is 5.14. The summed E-state index contributed by atoms with van der Waals surface area (Å²) < 4.78 is 31.5. The second-order valence-electron chi connectivity index (χ2n) is 7.80. The van der Waals surface area contributed by atoms with Gasteiger partial charge in [0.05, 0.1) is 17.5 Å². The van der Waals surface area contributed by atoms with Gasteiger partial charge in [-0.15, -0.1) is 6.42 Å². The van der Waals surface area contributed by atoms with Crippen molar-refractivity contribution in [3.63, 3.8) is 0 Å². The molecule has 1 aromatic heterocycles. The number of terminal acetylenes is 1. The maximum absolute atomic E-state index is 13.0. The van der Waals surface area contributed by atoms with Gasteiger partial charge in [0.2, 0.25) is 5.88 Å². The largest absolute Gasteiger partial charge is 0.358 e. The van der Waals surface area contributed by atoms with Gasteiger partial charge in [-0.1, -0.05) is 77.8 Å². The van der Waals surface area contributed by atoms with Crippen LogP contribution in [0.1, 0.15) is 28.3 Å². The van der Waals surface area contributed by atoms with Gasteiger partial charge in [0.15, 0.2) is 5.16 Å². The monoisotopic (exact) mass is 499 g/mol. The van der Waals surface area contributed by atoms with Crippen LogP contribution in [0, 0.1) is 37.5 Å². The zero-order valence-corrected chi connectivity index (χ0v) is 20.7. The van der Waals surface area contributed by atoms with Crippen molar-refractivity contribution in [2.75, 3.05) is 5.75 Å². The Morgan fingerprint density at radius 1 is 1.03 bits per heavy atom. The van der Waals surface area contributed by atoms with E-state index in [1.54, 1.807) is 19.1 Å². The average Bonchev–Trinajstić information content (AvgIpc) is 2.85. The lowest BCUT2D eigenvalue weighted by atomic mass is 9.90. The zero-order chi connectivity index (χ0) is 25.0. The van der Waals surface area contributed by atoms with Crippen molar-refractivity contribution < 1.29 is 12.6 Å². The Labute approximate surface area is 209 Å². The van der Waals surface area contributed by atoms with Gasteiger partial charge < -0.3 is 4.18 Å². The SMILES string of the molecule is C#CCSc1nc(OS(=O)(=O)c2ccc(C)cc2)c(C)c(C(C#N)c2cccc3ccccc23)n1. The van der Waals surface area contributed by atoms with Crippen LogP contribution in [-0.2, 0) is 10.1 Å². The molecule has 4 aromatic rings. The number of benzene rings is 3. The van der Waals surface area contributed by atoms with E-state index in [4.69, 9.17) is 10.6 Å². The molecule has 0 N–H and O–H groups in total. The van der Waals surface area contributed by atoms with Crippen molar-refractivity contribution in [2.45, 2.75) is 29.8 Å². The summed E-state index contributed by atoms with van der Waals surface area (Å²) in [6.07, 6.45) is 5.41. The lowest BCUT2D eigenvalue weighted by Crippen LogP contribution is -2.15. The molecule has 35 heavy (non-hydrogen) atoms. The topological polar surface area (TPSA) is 92.9 Å². The van der Waals surface area contributed by atoms with E-state index in [-0.39, 0.29) is 21.7 Å². The van der Waals surface area contributed by atoms with E-state index in [0.29, 0.717) is 11.3 Å². The molecule has 0 spiro atoms. The minimum atomic E-state index is -4.16. The van der Waals surface area contributed by atoms with E-state index < -0.39 is 16.0 Å². The molecule has 0 saturated carbocycles. The van der Waals surface area contributed by atoms with Crippen LogP contribution in [0.15, 0.2) is 76.8 Å². The quantitative estimate of drug-likeness (QED) is 0.146. The van der Waals surface area contributed by atoms with Gasteiger partial charge in [0.1, 0.15) is 10.8 Å². The van der Waals surface area contributed by atoms with Crippen molar-refractivity contribution in [1.29, 1.82) is 5.26 Å². The Kier molecular flexibility index (Phi) is 7.07. The summed E-state index contributed by atoms with van der Waals surface area (Å²) in [7, 11) is -4.16. The summed E-state index contributed by atoms with van der Waals surface area (Å²) in [6, 6.07) is 22.1. The number of rotatable bonds is 7. The summed E-state index contributed by atoms with van der Waals surface area (Å²) in [5, 5.41) is 12.3. The number of hydrogen-bond donors (Lipinski definition) is 0. The fourth-order valence-electron chi connectivity index (χ4n) is 3.66. The van der Waals surface area contributed by atoms with Crippen molar-refractivity contribution in [2.24, 2.45) is 0 Å². The number of fused-ring (bicyclic) bond motifs is 1. The molecular weight excluding hydrogens is 478 g/mol. The van der Waals surface area contributed by atoms with Crippen LogP contribution in [-0.4, -0.2) is 24.1 Å². The molecule has 8 heteroatoms. The summed E-state index contributed by atoms with van der Waals surface area (Å²) >= 11 is 1.17. The molecule has 0 aliphatic heterocycles. The normalized spacial score (nSPS) is 12.0. The molecule has 0 saturated heterocycles. The third-order valence-corrected chi connectivity index (χ3v) is 7.42. The molecule has 0 fully saturated rings. The van der Waals surface area contributed by atoms with E-state index >= 15 is 0 Å². The van der Waals surface area contributed by atoms with Gasteiger partial charge in [-0.3, -0.25) is 0 Å². The molecule has 0 aliphatic rings. The summed E-state index contributed by atoms with van der Waals surface area (Å²) in [6.45, 7) is 3.52. The first-order valence-corrected chi connectivity index (χ1v) is 13.1. The van der Waals surface area contributed by atoms with E-state index in [9.17, 15) is 13.7 Å². The maximum Gasteiger partial charge on any atom is 0.340 e. The first kappa shape index (κ1) is 24.3. The van der Waals surface area contributed by atoms with Crippen LogP contribution < -0.4 is 4.18 Å². The molecule has 0 aliphatic carbocycles. The summed E-state index contributed by atoms with van der Waals surface area (Å²) in [4.78, 5) is 8.92. The number of thioether (sulfide) groups is 1. The first-order valence-electron chi connectivity index (χ1n) is 10.7. The molecule has 0 bridgehead atoms. The highest BCUT2D eigenvalue weighted by Gasteiger charge is 2.26. The fourth-order valence-corrected chi connectivity index (χ4v) is 5.12. The van der Waals surface area contributed by atoms with Crippen LogP contribution in [0.2, 0.25) is 0 Å². The Morgan fingerprint density at radius 3 is 2.46 bits per heavy atom. The van der Waals surface area contributed by atoms with Crippen molar-refractivity contribution >= 4 is 32.7 Å². The van der Waals surface area contributed by atoms with Gasteiger partial charge in [0.25, 0.3) is 0 Å². The highest BCUT2D eigenvalue weighted by atomic mass is 32.2. The smallest absolute Gasteiger partial charge is 0.340 e. The van der Waals surface area contributed by atoms with E-state index in [1.165, 1.54) is 23.9 Å². The Balaban J connectivity index is 1.85. The molecule has 3 aromatic carbocycles. The van der Waals surface area contributed by atoms with Crippen LogP contribution in [0.25, 0.3) is 10.8 Å². The van der Waals surface area contributed by atoms with Crippen LogP contribution in [0.3, 0.4) is 0 Å². The Bertz CT molecular complexity index is 1580. The number of hydrogen-bond acceptors (Lipinski definition) is 7. The molecule has 0 radical (unpaired) electrons. The molecule has 6 nitrogen and oxygen atoms in total. The molecule has 1 atom stereocenters. The number of aryl methyl sites for hydroxylation is 1. The van der Waals surface area contributed by atoms with Gasteiger partial charge in [-0.2, -0.15) is 18.7 Å². The van der Waals surface area contributed by atoms with Crippen molar-refractivity contribution in [3.05, 3.63) is 89.1 Å². The first-order chi connectivity index (χ1) is 16.8. The lowest BCUT2D eigenvalue weighted by Gasteiger charge is -2.17. The number of aromatic nitrogens is 2. The van der Waals surface area contributed by atoms with Crippen LogP contribution >= 0.6 is 11.8 Å². The fraction of sp³-hybridized carbons (Fsp3) is 0.148. The average molecular weight is 500 g/mol. The second-order valence-corrected chi connectivity index (χ2v) is 10.3. The highest BCUT2D eigenvalue weighted by Crippen LogP contribution is 2.35. The van der Waals surface area contributed by atoms with Gasteiger partial charge in [-0.05, 0) is 42.3 Å². The summed E-state index contributed by atoms with van der Waals surface area (Å²) in [5.41, 5.74) is 2.41. The molecule has 1 unspecified atom stereocenters. The molecule has 174 valence electrons. The standard InChI is InChI=1S/C27H21N3O3S2/c1-4-16-34-27-29-25(24(17-28)23-11-7-9-20-8-5-6-10-22(20)23)19(3)26(30-27)33-35(31,32)21-14-12-18(2)13-15-21/h1,5-15,24H,16H2,2-3H3. The predicted molar refractivity (Wildman–Crippen MR) is 137 cm³/mol. The van der Waals surface area contributed by atoms with Crippen molar-refractivity contribution in [3.8, 4) is 24.3 Å². The maximum atomic E-state index is 13.0. The predicted octanol–water partition coefficient (Wildman–Crippen LogP) is 5.40. The zero-order valence-electron chi connectivity index (χ0n) is 19.1. The molecule has 4 rings (SSSR count). The molecule has 0 amide bonds. The number of nitriles is 1. The van der Waals surface area contributed by atoms with Crippen LogP contribution in [0.4, 0.5) is 0 Å². The second kappa shape index (κ2) is 10.2. The van der Waals surface area contributed by atoms with Gasteiger partial charge >= 0.3 is 10.1 Å². The molecular formula is C27H21N3O3S2. The third-order valence-electron chi connectivity index (χ3n) is 5.44. The number of nitrogens with zero attached hydrogens (tertiary/aromatic N) is 3.